The highest BCUT2D eigenvalue weighted by Crippen LogP contribution is 2.35. The van der Waals surface area contributed by atoms with Crippen molar-refractivity contribution < 1.29 is 13.5 Å². The van der Waals surface area contributed by atoms with Crippen LogP contribution in [0.15, 0.2) is 30.3 Å². The number of benzene rings is 2. The van der Waals surface area contributed by atoms with Crippen LogP contribution in [0.5, 0.6) is 5.75 Å². The summed E-state index contributed by atoms with van der Waals surface area (Å²) in [6.07, 6.45) is 1.73. The van der Waals surface area contributed by atoms with Gasteiger partial charge in [0.2, 0.25) is 0 Å². The Morgan fingerprint density at radius 1 is 1.15 bits per heavy atom. The zero-order valence-corrected chi connectivity index (χ0v) is 11.1. The van der Waals surface area contributed by atoms with E-state index in [0.717, 1.165) is 24.0 Å². The Labute approximate surface area is 116 Å². The van der Waals surface area contributed by atoms with E-state index < -0.39 is 11.6 Å². The number of rotatable bonds is 2. The first-order chi connectivity index (χ1) is 9.60. The maximum Gasteiger partial charge on any atom is 0.137 e. The zero-order chi connectivity index (χ0) is 14.3. The molecule has 1 atom stereocenters. The molecule has 0 aromatic heterocycles. The second-order valence-corrected chi connectivity index (χ2v) is 5.02. The van der Waals surface area contributed by atoms with E-state index in [2.05, 4.69) is 0 Å². The fraction of sp³-hybridized carbons (Fsp3) is 0.250. The van der Waals surface area contributed by atoms with Crippen LogP contribution in [0.2, 0.25) is 0 Å². The van der Waals surface area contributed by atoms with E-state index in [-0.39, 0.29) is 17.4 Å². The molecular formula is C16H15F2NO. The predicted molar refractivity (Wildman–Crippen MR) is 73.6 cm³/mol. The van der Waals surface area contributed by atoms with Crippen LogP contribution >= 0.6 is 0 Å². The molecular weight excluding hydrogens is 260 g/mol. The Hall–Kier alpha value is -1.94. The maximum atomic E-state index is 14.1. The van der Waals surface area contributed by atoms with Gasteiger partial charge in [-0.25, -0.2) is 8.78 Å². The molecule has 2 aromatic rings. The lowest BCUT2D eigenvalue weighted by Gasteiger charge is -2.10. The average molecular weight is 275 g/mol. The van der Waals surface area contributed by atoms with Gasteiger partial charge in [0.15, 0.2) is 0 Å². The first kappa shape index (κ1) is 13.1. The largest absolute Gasteiger partial charge is 0.497 e. The number of methoxy groups -OCH3 is 1. The average Bonchev–Trinajstić information content (AvgIpc) is 2.79. The molecule has 0 aliphatic heterocycles. The van der Waals surface area contributed by atoms with Gasteiger partial charge in [0.05, 0.1) is 12.7 Å². The van der Waals surface area contributed by atoms with E-state index in [4.69, 9.17) is 10.5 Å². The van der Waals surface area contributed by atoms with Crippen LogP contribution in [0.1, 0.15) is 23.6 Å². The highest BCUT2D eigenvalue weighted by Gasteiger charge is 2.21. The minimum Gasteiger partial charge on any atom is -0.497 e. The summed E-state index contributed by atoms with van der Waals surface area (Å²) in [5, 5.41) is 0. The standard InChI is InChI=1S/C16H15F2NO/c1-20-11-7-13(17)16(14(18)8-11)10-2-4-12-9(6-10)3-5-15(12)19/h2,4,6-8,15H,3,5,19H2,1H3. The Balaban J connectivity index is 2.10. The van der Waals surface area contributed by atoms with Gasteiger partial charge in [0, 0.05) is 18.2 Å². The lowest BCUT2D eigenvalue weighted by atomic mass is 9.99. The Bertz CT molecular complexity index is 647. The molecule has 0 saturated carbocycles. The summed E-state index contributed by atoms with van der Waals surface area (Å²) >= 11 is 0. The van der Waals surface area contributed by atoms with Crippen LogP contribution in [0.4, 0.5) is 8.78 Å². The fourth-order valence-electron chi connectivity index (χ4n) is 2.75. The number of ether oxygens (including phenoxy) is 1. The molecule has 0 spiro atoms. The minimum absolute atomic E-state index is 0.0194. The number of halogens is 2. The van der Waals surface area contributed by atoms with Crippen LogP contribution < -0.4 is 10.5 Å². The second kappa shape index (κ2) is 4.87. The fourth-order valence-corrected chi connectivity index (χ4v) is 2.75. The van der Waals surface area contributed by atoms with Crippen molar-refractivity contribution >= 4 is 0 Å². The molecule has 0 saturated heterocycles. The summed E-state index contributed by atoms with van der Waals surface area (Å²) in [7, 11) is 1.38. The number of aryl methyl sites for hydroxylation is 1. The summed E-state index contributed by atoms with van der Waals surface area (Å²) in [4.78, 5) is 0. The first-order valence-corrected chi connectivity index (χ1v) is 6.52. The van der Waals surface area contributed by atoms with E-state index in [1.807, 2.05) is 12.1 Å². The predicted octanol–water partition coefficient (Wildman–Crippen LogP) is 3.59. The van der Waals surface area contributed by atoms with Crippen LogP contribution in [0.3, 0.4) is 0 Å². The van der Waals surface area contributed by atoms with Gasteiger partial charge in [-0.2, -0.15) is 0 Å². The molecule has 2 N–H and O–H groups in total. The van der Waals surface area contributed by atoms with Gasteiger partial charge in [0.25, 0.3) is 0 Å². The van der Waals surface area contributed by atoms with E-state index in [9.17, 15) is 8.78 Å². The van der Waals surface area contributed by atoms with Gasteiger partial charge < -0.3 is 10.5 Å². The molecule has 1 unspecified atom stereocenters. The van der Waals surface area contributed by atoms with Crippen molar-refractivity contribution in [2.24, 2.45) is 5.73 Å². The first-order valence-electron chi connectivity index (χ1n) is 6.52. The maximum absolute atomic E-state index is 14.1. The van der Waals surface area contributed by atoms with E-state index in [1.54, 1.807) is 6.07 Å². The van der Waals surface area contributed by atoms with Crippen molar-refractivity contribution in [1.29, 1.82) is 0 Å². The van der Waals surface area contributed by atoms with Crippen LogP contribution in [-0.4, -0.2) is 7.11 Å². The molecule has 3 rings (SSSR count). The van der Waals surface area contributed by atoms with Gasteiger partial charge in [0.1, 0.15) is 17.4 Å². The van der Waals surface area contributed by atoms with Crippen LogP contribution in [0, 0.1) is 11.6 Å². The number of hydrogen-bond acceptors (Lipinski definition) is 2. The number of nitrogens with two attached hydrogens (primary N) is 1. The summed E-state index contributed by atoms with van der Waals surface area (Å²) in [5.41, 5.74) is 8.63. The van der Waals surface area contributed by atoms with Gasteiger partial charge in [-0.05, 0) is 29.5 Å². The second-order valence-electron chi connectivity index (χ2n) is 5.02. The van der Waals surface area contributed by atoms with Crippen molar-refractivity contribution in [2.75, 3.05) is 7.11 Å². The van der Waals surface area contributed by atoms with Crippen LogP contribution in [-0.2, 0) is 6.42 Å². The monoisotopic (exact) mass is 275 g/mol. The molecule has 4 heteroatoms. The molecule has 20 heavy (non-hydrogen) atoms. The molecule has 104 valence electrons. The SMILES string of the molecule is COc1cc(F)c(-c2ccc3c(c2)CCC3N)c(F)c1. The third-order valence-electron chi connectivity index (χ3n) is 3.81. The van der Waals surface area contributed by atoms with Gasteiger partial charge in [-0.1, -0.05) is 18.2 Å². The quantitative estimate of drug-likeness (QED) is 0.909. The highest BCUT2D eigenvalue weighted by molar-refractivity contribution is 5.67. The summed E-state index contributed by atoms with van der Waals surface area (Å²) < 4.78 is 33.0. The summed E-state index contributed by atoms with van der Waals surface area (Å²) in [5.74, 6) is -1.07. The van der Waals surface area contributed by atoms with Crippen molar-refractivity contribution in [3.63, 3.8) is 0 Å². The van der Waals surface area contributed by atoms with Crippen molar-refractivity contribution in [3.8, 4) is 16.9 Å². The minimum atomic E-state index is -0.621. The van der Waals surface area contributed by atoms with E-state index in [1.165, 1.54) is 19.2 Å². The van der Waals surface area contributed by atoms with Gasteiger partial charge in [-0.15, -0.1) is 0 Å². The molecule has 0 heterocycles. The molecule has 0 amide bonds. The van der Waals surface area contributed by atoms with E-state index >= 15 is 0 Å². The van der Waals surface area contributed by atoms with Gasteiger partial charge in [-0.3, -0.25) is 0 Å². The molecule has 2 aromatic carbocycles. The third-order valence-corrected chi connectivity index (χ3v) is 3.81. The number of fused-ring (bicyclic) bond motifs is 1. The third kappa shape index (κ3) is 2.06. The van der Waals surface area contributed by atoms with Crippen molar-refractivity contribution in [3.05, 3.63) is 53.1 Å². The summed E-state index contributed by atoms with van der Waals surface area (Å²) in [6.45, 7) is 0. The zero-order valence-electron chi connectivity index (χ0n) is 11.1. The molecule has 2 nitrogen and oxygen atoms in total. The number of hydrogen-bond donors (Lipinski definition) is 1. The Morgan fingerprint density at radius 3 is 2.50 bits per heavy atom. The van der Waals surface area contributed by atoms with E-state index in [0.29, 0.717) is 5.56 Å². The Kier molecular flexibility index (Phi) is 3.18. The molecule has 0 fully saturated rings. The molecule has 0 bridgehead atoms. The van der Waals surface area contributed by atoms with Crippen LogP contribution in [0.25, 0.3) is 11.1 Å². The molecule has 0 radical (unpaired) electrons. The lowest BCUT2D eigenvalue weighted by molar-refractivity contribution is 0.407. The molecule has 1 aliphatic carbocycles. The topological polar surface area (TPSA) is 35.2 Å². The van der Waals surface area contributed by atoms with Gasteiger partial charge >= 0.3 is 0 Å². The van der Waals surface area contributed by atoms with Crippen molar-refractivity contribution in [2.45, 2.75) is 18.9 Å². The highest BCUT2D eigenvalue weighted by atomic mass is 19.1. The molecule has 1 aliphatic rings. The Morgan fingerprint density at radius 2 is 1.85 bits per heavy atom. The lowest BCUT2D eigenvalue weighted by Crippen LogP contribution is -2.04. The smallest absolute Gasteiger partial charge is 0.137 e. The normalized spacial score (nSPS) is 17.1. The summed E-state index contributed by atoms with van der Waals surface area (Å²) in [6, 6.07) is 7.83. The van der Waals surface area contributed by atoms with Crippen molar-refractivity contribution in [1.82, 2.24) is 0 Å².